The number of carbonyl (C=O) groups excluding carboxylic acids is 2. The predicted molar refractivity (Wildman–Crippen MR) is 157 cm³/mol. The summed E-state index contributed by atoms with van der Waals surface area (Å²) >= 11 is 6.22. The van der Waals surface area contributed by atoms with Crippen LogP contribution in [0.2, 0.25) is 5.02 Å². The van der Waals surface area contributed by atoms with Gasteiger partial charge in [0.25, 0.3) is 5.91 Å². The fourth-order valence-electron chi connectivity index (χ4n) is 5.76. The average Bonchev–Trinajstić information content (AvgIpc) is 3.78. The van der Waals surface area contributed by atoms with Crippen molar-refractivity contribution in [2.75, 3.05) is 38.7 Å². The third-order valence-electron chi connectivity index (χ3n) is 8.12. The lowest BCUT2D eigenvalue weighted by atomic mass is 10.0. The molecule has 1 unspecified atom stereocenters. The third kappa shape index (κ3) is 6.37. The zero-order valence-electron chi connectivity index (χ0n) is 23.9. The van der Waals surface area contributed by atoms with Gasteiger partial charge in [-0.05, 0) is 50.6 Å². The first-order valence-corrected chi connectivity index (χ1v) is 14.6. The first kappa shape index (κ1) is 29.9. The highest BCUT2D eigenvalue weighted by molar-refractivity contribution is 6.31. The van der Waals surface area contributed by atoms with E-state index in [0.29, 0.717) is 30.8 Å². The Bertz CT molecular complexity index is 1650. The van der Waals surface area contributed by atoms with Crippen LogP contribution < -0.4 is 10.1 Å². The van der Waals surface area contributed by atoms with Gasteiger partial charge in [0.15, 0.2) is 5.65 Å². The summed E-state index contributed by atoms with van der Waals surface area (Å²) in [7, 11) is 2.12. The molecule has 1 atom stereocenters. The van der Waals surface area contributed by atoms with Gasteiger partial charge in [-0.15, -0.1) is 0 Å². The van der Waals surface area contributed by atoms with Crippen LogP contribution in [0.15, 0.2) is 49.1 Å². The number of aromatic nitrogens is 5. The molecule has 2 saturated heterocycles. The number of likely N-dealkylation sites (N-methyl/N-ethyl adjacent to an activating group) is 1. The highest BCUT2D eigenvalue weighted by Gasteiger charge is 2.31. The molecule has 6 rings (SSSR count). The topological polar surface area (TPSA) is 119 Å². The highest BCUT2D eigenvalue weighted by atomic mass is 35.5. The number of hydrogen-bond donors (Lipinski definition) is 1. The summed E-state index contributed by atoms with van der Waals surface area (Å²) in [5, 5.41) is 11.7. The molecule has 2 aliphatic rings. The Balaban J connectivity index is 1.24. The van der Waals surface area contributed by atoms with Crippen molar-refractivity contribution in [3.05, 3.63) is 59.6 Å². The molecule has 2 amide bonds. The van der Waals surface area contributed by atoms with Crippen LogP contribution in [-0.2, 0) is 16.1 Å². The number of nitrogens with one attached hydrogen (secondary N) is 1. The van der Waals surface area contributed by atoms with E-state index in [1.165, 1.54) is 46.0 Å². The molecule has 15 heteroatoms. The standard InChI is InChI=1S/C29H31ClF2N8O4/c1-37(20-7-12-43-17-20)19-5-10-38(11-6-19)25(41)16-39-15-23(35-28(42)22-14-34-40-9-2-8-33-27(22)40)26(36-39)21-13-18(30)3-4-24(21)44-29(31)32/h2-4,8-9,13-15,19-20,29H,5-7,10-12,16-17H2,1H3,(H,35,42). The maximum atomic E-state index is 13.4. The van der Waals surface area contributed by atoms with Gasteiger partial charge in [0, 0.05) is 61.0 Å². The molecule has 0 bridgehead atoms. The molecule has 4 aromatic rings. The van der Waals surface area contributed by atoms with E-state index in [4.69, 9.17) is 21.1 Å². The summed E-state index contributed by atoms with van der Waals surface area (Å²) in [5.74, 6) is -0.889. The summed E-state index contributed by atoms with van der Waals surface area (Å²) < 4.78 is 39.7. The van der Waals surface area contributed by atoms with Crippen molar-refractivity contribution in [1.82, 2.24) is 34.2 Å². The number of piperidine rings is 1. The quantitative estimate of drug-likeness (QED) is 0.297. The van der Waals surface area contributed by atoms with E-state index in [2.05, 4.69) is 32.4 Å². The second kappa shape index (κ2) is 12.8. The van der Waals surface area contributed by atoms with E-state index in [9.17, 15) is 18.4 Å². The highest BCUT2D eigenvalue weighted by Crippen LogP contribution is 2.37. The molecule has 0 radical (unpaired) electrons. The third-order valence-corrected chi connectivity index (χ3v) is 8.35. The Kier molecular flexibility index (Phi) is 8.73. The second-order valence-corrected chi connectivity index (χ2v) is 11.2. The lowest BCUT2D eigenvalue weighted by Crippen LogP contribution is -2.49. The number of alkyl halides is 2. The van der Waals surface area contributed by atoms with Crippen LogP contribution in [0.3, 0.4) is 0 Å². The number of anilines is 1. The van der Waals surface area contributed by atoms with Gasteiger partial charge < -0.3 is 19.7 Å². The molecule has 232 valence electrons. The number of halogens is 3. The van der Waals surface area contributed by atoms with Gasteiger partial charge in [0.1, 0.15) is 23.6 Å². The minimum absolute atomic E-state index is 0.104. The summed E-state index contributed by atoms with van der Waals surface area (Å²) in [6.07, 6.45) is 8.74. The molecule has 3 aromatic heterocycles. The Labute approximate surface area is 256 Å². The van der Waals surface area contributed by atoms with E-state index >= 15 is 0 Å². The van der Waals surface area contributed by atoms with Crippen molar-refractivity contribution in [1.29, 1.82) is 0 Å². The van der Waals surface area contributed by atoms with Gasteiger partial charge in [-0.2, -0.15) is 19.0 Å². The average molecular weight is 629 g/mol. The number of likely N-dealkylation sites (tertiary alicyclic amines) is 1. The van der Waals surface area contributed by atoms with Gasteiger partial charge >= 0.3 is 6.61 Å². The lowest BCUT2D eigenvalue weighted by molar-refractivity contribution is -0.133. The van der Waals surface area contributed by atoms with Gasteiger partial charge in [-0.1, -0.05) is 11.6 Å². The molecule has 0 aliphatic carbocycles. The fraction of sp³-hybridized carbons (Fsp3) is 0.414. The molecule has 5 heterocycles. The van der Waals surface area contributed by atoms with Crippen LogP contribution in [0.4, 0.5) is 14.5 Å². The van der Waals surface area contributed by atoms with Gasteiger partial charge in [-0.3, -0.25) is 19.2 Å². The number of hydrogen-bond acceptors (Lipinski definition) is 8. The van der Waals surface area contributed by atoms with E-state index in [-0.39, 0.29) is 45.7 Å². The number of ether oxygens (including phenoxy) is 2. The van der Waals surface area contributed by atoms with Crippen LogP contribution >= 0.6 is 11.6 Å². The van der Waals surface area contributed by atoms with Crippen LogP contribution in [0, 0.1) is 0 Å². The first-order valence-electron chi connectivity index (χ1n) is 14.3. The van der Waals surface area contributed by atoms with Crippen molar-refractivity contribution in [3.63, 3.8) is 0 Å². The van der Waals surface area contributed by atoms with Crippen LogP contribution in [0.5, 0.6) is 5.75 Å². The predicted octanol–water partition coefficient (Wildman–Crippen LogP) is 3.81. The van der Waals surface area contributed by atoms with Gasteiger partial charge in [-0.25, -0.2) is 9.50 Å². The van der Waals surface area contributed by atoms with E-state index in [0.717, 1.165) is 32.5 Å². The minimum atomic E-state index is -3.11. The largest absolute Gasteiger partial charge is 0.434 e. The number of amides is 2. The summed E-state index contributed by atoms with van der Waals surface area (Å²) in [5.41, 5.74) is 0.907. The van der Waals surface area contributed by atoms with Crippen LogP contribution in [-0.4, -0.2) is 98.0 Å². The molecule has 0 spiro atoms. The van der Waals surface area contributed by atoms with Crippen molar-refractivity contribution >= 4 is 34.7 Å². The maximum Gasteiger partial charge on any atom is 0.387 e. The van der Waals surface area contributed by atoms with E-state index in [1.807, 2.05) is 0 Å². The number of carbonyl (C=O) groups is 2. The van der Waals surface area contributed by atoms with Gasteiger partial charge in [0.2, 0.25) is 5.91 Å². The molecule has 12 nitrogen and oxygen atoms in total. The Morgan fingerprint density at radius 3 is 2.80 bits per heavy atom. The number of fused-ring (bicyclic) bond motifs is 1. The summed E-state index contributed by atoms with van der Waals surface area (Å²) in [6, 6.07) is 6.57. The molecule has 2 fully saturated rings. The van der Waals surface area contributed by atoms with Gasteiger partial charge in [0.05, 0.1) is 18.5 Å². The van der Waals surface area contributed by atoms with Crippen LogP contribution in [0.25, 0.3) is 16.9 Å². The van der Waals surface area contributed by atoms with Crippen molar-refractivity contribution in [2.45, 2.75) is 44.5 Å². The second-order valence-electron chi connectivity index (χ2n) is 10.8. The van der Waals surface area contributed by atoms with Crippen molar-refractivity contribution in [2.24, 2.45) is 0 Å². The molecule has 0 saturated carbocycles. The lowest BCUT2D eigenvalue weighted by Gasteiger charge is -2.39. The molecular weight excluding hydrogens is 598 g/mol. The Hall–Kier alpha value is -4.14. The zero-order valence-corrected chi connectivity index (χ0v) is 24.7. The molecular formula is C29H31ClF2N8O4. The van der Waals surface area contributed by atoms with Crippen LogP contribution in [0.1, 0.15) is 29.6 Å². The molecule has 2 aliphatic heterocycles. The fourth-order valence-corrected chi connectivity index (χ4v) is 5.93. The summed E-state index contributed by atoms with van der Waals surface area (Å²) in [6.45, 7) is -0.514. The maximum absolute atomic E-state index is 13.4. The smallest absolute Gasteiger partial charge is 0.387 e. The molecule has 44 heavy (non-hydrogen) atoms. The number of nitrogens with zero attached hydrogens (tertiary/aromatic N) is 7. The Morgan fingerprint density at radius 1 is 1.23 bits per heavy atom. The molecule has 1 aromatic carbocycles. The van der Waals surface area contributed by atoms with Crippen molar-refractivity contribution < 1.29 is 27.8 Å². The van der Waals surface area contributed by atoms with E-state index in [1.54, 1.807) is 17.2 Å². The first-order chi connectivity index (χ1) is 21.3. The number of benzene rings is 1. The Morgan fingerprint density at radius 2 is 2.05 bits per heavy atom. The van der Waals surface area contributed by atoms with Crippen molar-refractivity contribution in [3.8, 4) is 17.0 Å². The monoisotopic (exact) mass is 628 g/mol. The summed E-state index contributed by atoms with van der Waals surface area (Å²) in [4.78, 5) is 35.1. The SMILES string of the molecule is CN(C1CCN(C(=O)Cn2cc(NC(=O)c3cnn4cccnc34)c(-c3cc(Cl)ccc3OC(F)F)n2)CC1)C1CCOC1. The number of rotatable bonds is 9. The van der Waals surface area contributed by atoms with E-state index < -0.39 is 12.5 Å². The normalized spacial score (nSPS) is 17.6. The molecule has 1 N–H and O–H groups in total. The zero-order chi connectivity index (χ0) is 30.8. The minimum Gasteiger partial charge on any atom is -0.434 e.